The molecule has 0 spiro atoms. The second kappa shape index (κ2) is 7.33. The molecule has 2 aromatic rings. The molecule has 1 N–H and O–H groups in total. The van der Waals surface area contributed by atoms with Gasteiger partial charge in [0.15, 0.2) is 0 Å². The van der Waals surface area contributed by atoms with Crippen LogP contribution in [0.4, 0.5) is 14.5 Å². The van der Waals surface area contributed by atoms with Gasteiger partial charge < -0.3 is 10.2 Å². The highest BCUT2D eigenvalue weighted by molar-refractivity contribution is 6.40. The molecule has 0 radical (unpaired) electrons. The van der Waals surface area contributed by atoms with Crippen LogP contribution >= 0.6 is 0 Å². The van der Waals surface area contributed by atoms with E-state index < -0.39 is 30.8 Å². The maximum absolute atomic E-state index is 12.6. The maximum atomic E-state index is 12.6. The average Bonchev–Trinajstić information content (AvgIpc) is 2.52. The van der Waals surface area contributed by atoms with E-state index in [0.29, 0.717) is 11.2 Å². The largest absolute Gasteiger partial charge is 0.326 e. The van der Waals surface area contributed by atoms with Crippen LogP contribution in [-0.4, -0.2) is 40.7 Å². The Bertz CT molecular complexity index is 763. The number of amides is 2. The lowest BCUT2D eigenvalue weighted by molar-refractivity contribution is -0.145. The number of alkyl halides is 2. The number of pyridine rings is 1. The van der Waals surface area contributed by atoms with E-state index in [2.05, 4.69) is 10.3 Å². The lowest BCUT2D eigenvalue weighted by atomic mass is 10.1. The third-order valence-electron chi connectivity index (χ3n) is 3.52. The molecule has 5 nitrogen and oxygen atoms in total. The highest BCUT2D eigenvalue weighted by Crippen LogP contribution is 2.22. The van der Waals surface area contributed by atoms with Gasteiger partial charge in [0.25, 0.3) is 6.43 Å². The lowest BCUT2D eigenvalue weighted by Gasteiger charge is -2.25. The number of nitrogens with one attached hydrogen (secondary N) is 1. The molecule has 0 aliphatic heterocycles. The van der Waals surface area contributed by atoms with E-state index >= 15 is 0 Å². The molecule has 0 unspecified atom stereocenters. The standard InChI is InChI=1S/C17H19F2N3O2/c1-10(2)22(9-14(18)19)17(24)16(23)21-13-6-4-5-12-8-7-11(3)20-15(12)13/h4-8,10,14H,9H2,1-3H3,(H,21,23). The van der Waals surface area contributed by atoms with Crippen LogP contribution in [0.15, 0.2) is 30.3 Å². The normalized spacial score (nSPS) is 11.1. The number of hydrogen-bond acceptors (Lipinski definition) is 3. The average molecular weight is 335 g/mol. The zero-order valence-electron chi connectivity index (χ0n) is 13.7. The number of para-hydroxylation sites is 1. The molecule has 2 amide bonds. The molecule has 0 saturated heterocycles. The number of halogens is 2. The summed E-state index contributed by atoms with van der Waals surface area (Å²) in [5.74, 6) is -1.95. The van der Waals surface area contributed by atoms with Crippen molar-refractivity contribution in [2.24, 2.45) is 0 Å². The van der Waals surface area contributed by atoms with Gasteiger partial charge in [-0.2, -0.15) is 0 Å². The zero-order valence-corrected chi connectivity index (χ0v) is 13.7. The number of carbonyl (C=O) groups excluding carboxylic acids is 2. The van der Waals surface area contributed by atoms with E-state index in [4.69, 9.17) is 0 Å². The molecule has 24 heavy (non-hydrogen) atoms. The Hall–Kier alpha value is -2.57. The van der Waals surface area contributed by atoms with Crippen molar-refractivity contribution in [3.63, 3.8) is 0 Å². The van der Waals surface area contributed by atoms with Crippen molar-refractivity contribution < 1.29 is 18.4 Å². The molecule has 0 atom stereocenters. The summed E-state index contributed by atoms with van der Waals surface area (Å²) >= 11 is 0. The quantitative estimate of drug-likeness (QED) is 0.874. The van der Waals surface area contributed by atoms with E-state index in [1.54, 1.807) is 26.0 Å². The lowest BCUT2D eigenvalue weighted by Crippen LogP contribution is -2.45. The summed E-state index contributed by atoms with van der Waals surface area (Å²) in [4.78, 5) is 29.6. The smallest absolute Gasteiger partial charge is 0.313 e. The number of nitrogens with zero attached hydrogens (tertiary/aromatic N) is 2. The fourth-order valence-corrected chi connectivity index (χ4v) is 2.33. The molecule has 0 saturated carbocycles. The fourth-order valence-electron chi connectivity index (χ4n) is 2.33. The van der Waals surface area contributed by atoms with Gasteiger partial charge >= 0.3 is 11.8 Å². The topological polar surface area (TPSA) is 62.3 Å². The molecule has 1 aromatic heterocycles. The predicted octanol–water partition coefficient (Wildman–Crippen LogP) is 2.98. The highest BCUT2D eigenvalue weighted by Gasteiger charge is 2.27. The number of carbonyl (C=O) groups is 2. The molecule has 2 rings (SSSR count). The van der Waals surface area contributed by atoms with Gasteiger partial charge in [0, 0.05) is 17.1 Å². The maximum Gasteiger partial charge on any atom is 0.313 e. The number of aryl methyl sites for hydroxylation is 1. The fraction of sp³-hybridized carbons (Fsp3) is 0.353. The van der Waals surface area contributed by atoms with Crippen LogP contribution in [-0.2, 0) is 9.59 Å². The van der Waals surface area contributed by atoms with Gasteiger partial charge in [0.1, 0.15) is 0 Å². The summed E-state index contributed by atoms with van der Waals surface area (Å²) < 4.78 is 25.2. The van der Waals surface area contributed by atoms with Gasteiger partial charge in [0.05, 0.1) is 17.7 Å². The van der Waals surface area contributed by atoms with E-state index in [0.717, 1.165) is 16.0 Å². The van der Waals surface area contributed by atoms with Crippen LogP contribution in [0.3, 0.4) is 0 Å². The van der Waals surface area contributed by atoms with Crippen molar-refractivity contribution in [2.45, 2.75) is 33.2 Å². The van der Waals surface area contributed by atoms with E-state index in [1.807, 2.05) is 25.1 Å². The van der Waals surface area contributed by atoms with Crippen LogP contribution < -0.4 is 5.32 Å². The van der Waals surface area contributed by atoms with E-state index in [-0.39, 0.29) is 0 Å². The Morgan fingerprint density at radius 2 is 1.92 bits per heavy atom. The summed E-state index contributed by atoms with van der Waals surface area (Å²) in [6.45, 7) is 4.19. The van der Waals surface area contributed by atoms with Crippen molar-refractivity contribution in [2.75, 3.05) is 11.9 Å². The molecule has 0 fully saturated rings. The third-order valence-corrected chi connectivity index (χ3v) is 3.52. The molecule has 7 heteroatoms. The molecule has 0 aliphatic rings. The summed E-state index contributed by atoms with van der Waals surface area (Å²) in [5, 5.41) is 3.29. The molecule has 1 heterocycles. The second-order valence-electron chi connectivity index (χ2n) is 5.73. The van der Waals surface area contributed by atoms with Crippen LogP contribution in [0.25, 0.3) is 10.9 Å². The highest BCUT2D eigenvalue weighted by atomic mass is 19.3. The van der Waals surface area contributed by atoms with Gasteiger partial charge in [-0.15, -0.1) is 0 Å². The Kier molecular flexibility index (Phi) is 5.43. The summed E-state index contributed by atoms with van der Waals surface area (Å²) in [6.07, 6.45) is -2.70. The Morgan fingerprint density at radius 3 is 2.54 bits per heavy atom. The summed E-state index contributed by atoms with van der Waals surface area (Å²) in [6, 6.07) is 8.35. The van der Waals surface area contributed by atoms with Crippen LogP contribution in [0.1, 0.15) is 19.5 Å². The van der Waals surface area contributed by atoms with E-state index in [9.17, 15) is 18.4 Å². The number of fused-ring (bicyclic) bond motifs is 1. The first-order chi connectivity index (χ1) is 11.3. The van der Waals surface area contributed by atoms with Crippen molar-refractivity contribution >= 4 is 28.4 Å². The van der Waals surface area contributed by atoms with Crippen molar-refractivity contribution in [1.82, 2.24) is 9.88 Å². The Labute approximate surface area is 138 Å². The summed E-state index contributed by atoms with van der Waals surface area (Å²) in [7, 11) is 0. The van der Waals surface area contributed by atoms with Gasteiger partial charge in [-0.3, -0.25) is 14.6 Å². The predicted molar refractivity (Wildman–Crippen MR) is 88.0 cm³/mol. The molecule has 128 valence electrons. The number of anilines is 1. The number of hydrogen-bond donors (Lipinski definition) is 1. The van der Waals surface area contributed by atoms with Crippen LogP contribution in [0, 0.1) is 6.92 Å². The minimum Gasteiger partial charge on any atom is -0.326 e. The van der Waals surface area contributed by atoms with Gasteiger partial charge in [-0.25, -0.2) is 8.78 Å². The van der Waals surface area contributed by atoms with Crippen molar-refractivity contribution in [3.8, 4) is 0 Å². The SMILES string of the molecule is Cc1ccc2cccc(NC(=O)C(=O)N(CC(F)F)C(C)C)c2n1. The van der Waals surface area contributed by atoms with Gasteiger partial charge in [0.2, 0.25) is 0 Å². The number of rotatable bonds is 4. The van der Waals surface area contributed by atoms with Crippen molar-refractivity contribution in [3.05, 3.63) is 36.0 Å². The number of benzene rings is 1. The minimum atomic E-state index is -2.70. The Morgan fingerprint density at radius 1 is 1.21 bits per heavy atom. The number of aromatic nitrogens is 1. The van der Waals surface area contributed by atoms with Crippen LogP contribution in [0.5, 0.6) is 0 Å². The molecule has 0 aliphatic carbocycles. The van der Waals surface area contributed by atoms with Crippen LogP contribution in [0.2, 0.25) is 0 Å². The zero-order chi connectivity index (χ0) is 17.9. The molecular formula is C17H19F2N3O2. The first-order valence-corrected chi connectivity index (χ1v) is 7.56. The monoisotopic (exact) mass is 335 g/mol. The first kappa shape index (κ1) is 17.8. The first-order valence-electron chi connectivity index (χ1n) is 7.56. The third kappa shape index (κ3) is 4.04. The Balaban J connectivity index is 2.25. The summed E-state index contributed by atoms with van der Waals surface area (Å²) in [5.41, 5.74) is 1.68. The molecular weight excluding hydrogens is 316 g/mol. The van der Waals surface area contributed by atoms with E-state index in [1.165, 1.54) is 0 Å². The van der Waals surface area contributed by atoms with Gasteiger partial charge in [-0.1, -0.05) is 18.2 Å². The second-order valence-corrected chi connectivity index (χ2v) is 5.73. The molecule has 1 aromatic carbocycles. The minimum absolute atomic E-state index is 0.371. The molecule has 0 bridgehead atoms. The van der Waals surface area contributed by atoms with Gasteiger partial charge in [-0.05, 0) is 32.9 Å². The van der Waals surface area contributed by atoms with Crippen molar-refractivity contribution in [1.29, 1.82) is 0 Å².